The van der Waals surface area contributed by atoms with Gasteiger partial charge in [0, 0.05) is 19.0 Å². The van der Waals surface area contributed by atoms with Crippen LogP contribution in [-0.4, -0.2) is 38.6 Å². The van der Waals surface area contributed by atoms with Gasteiger partial charge in [-0.15, -0.1) is 0 Å². The Morgan fingerprint density at radius 2 is 1.92 bits per heavy atom. The number of rotatable bonds is 4. The fourth-order valence-corrected chi connectivity index (χ4v) is 2.01. The molecule has 1 amide bonds. The number of alkyl halides is 3. The average molecular weight is 372 g/mol. The maximum atomic E-state index is 13.0. The smallest absolute Gasteiger partial charge is 0.435 e. The SMILES string of the molecule is Cn1nc(C(F)(F)F)c(CC(NC(=O)OC(C)(C)C)C(=O)O)c1Cl. The number of aliphatic carboxylic acids is 1. The largest absolute Gasteiger partial charge is 0.480 e. The molecule has 1 aromatic rings. The van der Waals surface area contributed by atoms with Gasteiger partial charge in [-0.1, -0.05) is 11.6 Å². The summed E-state index contributed by atoms with van der Waals surface area (Å²) in [7, 11) is 1.19. The second-order valence-electron chi connectivity index (χ2n) is 5.98. The zero-order chi connectivity index (χ0) is 18.9. The molecule has 1 atom stereocenters. The number of carbonyl (C=O) groups is 2. The molecule has 136 valence electrons. The predicted octanol–water partition coefficient (Wildman–Crippen LogP) is 2.61. The minimum Gasteiger partial charge on any atom is -0.480 e. The van der Waals surface area contributed by atoms with Crippen molar-refractivity contribution >= 4 is 23.7 Å². The first-order valence-electron chi connectivity index (χ1n) is 6.73. The van der Waals surface area contributed by atoms with Gasteiger partial charge in [-0.2, -0.15) is 18.3 Å². The number of nitrogens with zero attached hydrogens (tertiary/aromatic N) is 2. The van der Waals surface area contributed by atoms with Gasteiger partial charge in [0.2, 0.25) is 0 Å². The first-order valence-corrected chi connectivity index (χ1v) is 7.11. The molecule has 24 heavy (non-hydrogen) atoms. The maximum Gasteiger partial charge on any atom is 0.435 e. The van der Waals surface area contributed by atoms with Gasteiger partial charge in [0.05, 0.1) is 0 Å². The summed E-state index contributed by atoms with van der Waals surface area (Å²) < 4.78 is 44.6. The Hall–Kier alpha value is -1.97. The third-order valence-electron chi connectivity index (χ3n) is 2.73. The van der Waals surface area contributed by atoms with Crippen molar-refractivity contribution in [1.82, 2.24) is 15.1 Å². The molecule has 0 aromatic carbocycles. The molecule has 7 nitrogen and oxygen atoms in total. The molecule has 0 bridgehead atoms. The summed E-state index contributed by atoms with van der Waals surface area (Å²) in [6, 6.07) is -1.66. The molecule has 1 aromatic heterocycles. The van der Waals surface area contributed by atoms with Gasteiger partial charge in [0.15, 0.2) is 5.69 Å². The number of ether oxygens (including phenoxy) is 1. The van der Waals surface area contributed by atoms with Crippen molar-refractivity contribution in [1.29, 1.82) is 0 Å². The molecular formula is C13H17ClF3N3O4. The van der Waals surface area contributed by atoms with Gasteiger partial charge < -0.3 is 15.2 Å². The Bertz CT molecular complexity index is 638. The predicted molar refractivity (Wildman–Crippen MR) is 77.7 cm³/mol. The van der Waals surface area contributed by atoms with Crippen LogP contribution in [0.5, 0.6) is 0 Å². The summed E-state index contributed by atoms with van der Waals surface area (Å²) in [4.78, 5) is 22.9. The van der Waals surface area contributed by atoms with Crippen LogP contribution in [0.25, 0.3) is 0 Å². The summed E-state index contributed by atoms with van der Waals surface area (Å²) in [5, 5.41) is 14.1. The van der Waals surface area contributed by atoms with Crippen molar-refractivity contribution in [3.8, 4) is 0 Å². The molecule has 1 heterocycles. The number of aryl methyl sites for hydroxylation is 1. The van der Waals surface area contributed by atoms with Crippen LogP contribution in [0.3, 0.4) is 0 Å². The molecule has 0 saturated heterocycles. The Morgan fingerprint density at radius 1 is 1.38 bits per heavy atom. The fraction of sp³-hybridized carbons (Fsp3) is 0.615. The van der Waals surface area contributed by atoms with Crippen LogP contribution < -0.4 is 5.32 Å². The van der Waals surface area contributed by atoms with E-state index < -0.39 is 47.6 Å². The number of carbonyl (C=O) groups excluding carboxylic acids is 1. The molecule has 0 spiro atoms. The number of hydrogen-bond acceptors (Lipinski definition) is 4. The molecule has 2 N–H and O–H groups in total. The van der Waals surface area contributed by atoms with Crippen LogP contribution in [-0.2, 0) is 29.2 Å². The summed E-state index contributed by atoms with van der Waals surface area (Å²) >= 11 is 5.78. The topological polar surface area (TPSA) is 93.5 Å². The molecule has 1 rings (SSSR count). The standard InChI is InChI=1S/C13H17ClF3N3O4/c1-12(2,3)24-11(23)18-7(10(21)22)5-6-8(13(15,16)17)19-20(4)9(6)14/h7H,5H2,1-4H3,(H,18,23)(H,21,22). The van der Waals surface area contributed by atoms with Crippen molar-refractivity contribution in [2.24, 2.45) is 7.05 Å². The Kier molecular flexibility index (Phi) is 5.75. The highest BCUT2D eigenvalue weighted by atomic mass is 35.5. The first kappa shape index (κ1) is 20.1. The molecule has 0 radical (unpaired) electrons. The van der Waals surface area contributed by atoms with Gasteiger partial charge >= 0.3 is 18.2 Å². The van der Waals surface area contributed by atoms with Crippen molar-refractivity contribution in [3.05, 3.63) is 16.4 Å². The molecule has 0 fully saturated rings. The molecular weight excluding hydrogens is 355 g/mol. The van der Waals surface area contributed by atoms with E-state index >= 15 is 0 Å². The fourth-order valence-electron chi connectivity index (χ4n) is 1.81. The van der Waals surface area contributed by atoms with E-state index in [2.05, 4.69) is 5.10 Å². The van der Waals surface area contributed by atoms with Crippen molar-refractivity contribution < 1.29 is 32.6 Å². The van der Waals surface area contributed by atoms with E-state index in [1.54, 1.807) is 20.8 Å². The number of hydrogen-bond donors (Lipinski definition) is 2. The summed E-state index contributed by atoms with van der Waals surface area (Å²) in [6.07, 6.45) is -6.57. The van der Waals surface area contributed by atoms with Crippen molar-refractivity contribution in [2.75, 3.05) is 0 Å². The number of carboxylic acid groups (broad SMARTS) is 1. The Morgan fingerprint density at radius 3 is 2.33 bits per heavy atom. The number of amides is 1. The van der Waals surface area contributed by atoms with E-state index in [9.17, 15) is 22.8 Å². The second-order valence-corrected chi connectivity index (χ2v) is 6.34. The lowest BCUT2D eigenvalue weighted by Crippen LogP contribution is -2.44. The van der Waals surface area contributed by atoms with Gasteiger partial charge in [0.1, 0.15) is 16.8 Å². The van der Waals surface area contributed by atoms with Crippen molar-refractivity contribution in [3.63, 3.8) is 0 Å². The van der Waals surface area contributed by atoms with Gasteiger partial charge in [-0.3, -0.25) is 4.68 Å². The van der Waals surface area contributed by atoms with Crippen LogP contribution in [0, 0.1) is 0 Å². The number of alkyl carbamates (subject to hydrolysis) is 1. The molecule has 11 heteroatoms. The van der Waals surface area contributed by atoms with Crippen LogP contribution in [0.15, 0.2) is 0 Å². The van der Waals surface area contributed by atoms with Crippen LogP contribution in [0.1, 0.15) is 32.0 Å². The summed E-state index contributed by atoms with van der Waals surface area (Å²) in [5.74, 6) is -1.53. The normalized spacial score (nSPS) is 13.5. The van der Waals surface area contributed by atoms with Crippen molar-refractivity contribution in [2.45, 2.75) is 45.0 Å². The van der Waals surface area contributed by atoms with Gasteiger partial charge in [-0.25, -0.2) is 9.59 Å². The zero-order valence-electron chi connectivity index (χ0n) is 13.4. The zero-order valence-corrected chi connectivity index (χ0v) is 14.1. The highest BCUT2D eigenvalue weighted by Crippen LogP contribution is 2.34. The lowest BCUT2D eigenvalue weighted by atomic mass is 10.1. The molecule has 0 saturated carbocycles. The van der Waals surface area contributed by atoms with Crippen LogP contribution in [0.2, 0.25) is 5.15 Å². The summed E-state index contributed by atoms with van der Waals surface area (Å²) in [6.45, 7) is 4.67. The Labute approximate surface area is 140 Å². The molecule has 1 unspecified atom stereocenters. The number of nitrogens with one attached hydrogen (secondary N) is 1. The van der Waals surface area contributed by atoms with E-state index in [0.717, 1.165) is 4.68 Å². The minimum absolute atomic E-state index is 0.362. The van der Waals surface area contributed by atoms with E-state index in [1.165, 1.54) is 7.05 Å². The second kappa shape index (κ2) is 6.88. The average Bonchev–Trinajstić information content (AvgIpc) is 2.63. The highest BCUT2D eigenvalue weighted by Gasteiger charge is 2.40. The quantitative estimate of drug-likeness (QED) is 0.848. The van der Waals surface area contributed by atoms with Crippen LogP contribution >= 0.6 is 11.6 Å². The molecule has 0 aliphatic rings. The summed E-state index contributed by atoms with van der Waals surface area (Å²) in [5.41, 5.74) is -2.71. The number of aromatic nitrogens is 2. The lowest BCUT2D eigenvalue weighted by Gasteiger charge is -2.22. The lowest BCUT2D eigenvalue weighted by molar-refractivity contribution is -0.143. The van der Waals surface area contributed by atoms with E-state index in [0.29, 0.717) is 0 Å². The Balaban J connectivity index is 3.06. The van der Waals surface area contributed by atoms with E-state index in [4.69, 9.17) is 21.4 Å². The molecule has 0 aliphatic heterocycles. The third kappa shape index (κ3) is 5.29. The number of halogens is 4. The monoisotopic (exact) mass is 371 g/mol. The minimum atomic E-state index is -4.81. The van der Waals surface area contributed by atoms with Crippen LogP contribution in [0.4, 0.5) is 18.0 Å². The third-order valence-corrected chi connectivity index (χ3v) is 3.21. The number of carboxylic acids is 1. The van der Waals surface area contributed by atoms with E-state index in [-0.39, 0.29) is 5.15 Å². The first-order chi connectivity index (χ1) is 10.7. The van der Waals surface area contributed by atoms with Gasteiger partial charge in [0.25, 0.3) is 0 Å². The molecule has 0 aliphatic carbocycles. The van der Waals surface area contributed by atoms with E-state index in [1.807, 2.05) is 5.32 Å². The van der Waals surface area contributed by atoms with Gasteiger partial charge in [-0.05, 0) is 20.8 Å². The highest BCUT2D eigenvalue weighted by molar-refractivity contribution is 6.30. The maximum absolute atomic E-state index is 13.0.